The van der Waals surface area contributed by atoms with E-state index in [0.29, 0.717) is 23.7 Å². The molecule has 5 heterocycles. The molecule has 2 aliphatic rings. The standard InChI is InChI=1S/C26H29N9O5S3.ClH/c1-3-40-32-19(16-13-43-26(28)30-16)22(36)31-20-23(37)35-21(25(38)39)15(12-42-24(20)35)11-33-8-9-34-17(33)5-4-6-18(34)41-10-7-29-14(2)27;/h4-6,8-9,13,20,24H,3,7,10-12H2,1-2H3,(H5-,27,28,29,30,31,36,38,39);1H/b32-19-;/t20-,24-;/m1./s1. The Kier molecular flexibility index (Phi) is 10.8. The number of halogens is 1. The molecule has 5 N–H and O–H groups in total. The van der Waals surface area contributed by atoms with Crippen LogP contribution in [-0.4, -0.2) is 79.7 Å². The number of aliphatic carboxylic acids is 1. The number of carboxylic acids is 1. The first-order chi connectivity index (χ1) is 20.7. The number of nitrogens with one attached hydrogen (secondary N) is 1. The van der Waals surface area contributed by atoms with Crippen LogP contribution in [0, 0.1) is 0 Å². The number of thioether (sulfide) groups is 2. The Bertz CT molecular complexity index is 1670. The molecule has 3 aromatic rings. The molecule has 234 valence electrons. The minimum atomic E-state index is -1.45. The zero-order chi connectivity index (χ0) is 30.7. The number of amidine groups is 1. The number of nitrogens with two attached hydrogens (primary N) is 2. The lowest BCUT2D eigenvalue weighted by molar-refractivity contribution is -0.662. The van der Waals surface area contributed by atoms with Gasteiger partial charge in [-0.2, -0.15) is 4.40 Å². The van der Waals surface area contributed by atoms with Crippen molar-refractivity contribution in [2.75, 3.05) is 30.4 Å². The molecular weight excluding hydrogens is 650 g/mol. The third-order valence-corrected chi connectivity index (χ3v) is 9.54. The predicted molar refractivity (Wildman–Crippen MR) is 169 cm³/mol. The normalized spacial score (nSPS) is 18.5. The number of hydrogen-bond donors (Lipinski definition) is 3. The van der Waals surface area contributed by atoms with Gasteiger partial charge >= 0.3 is 0 Å². The van der Waals surface area contributed by atoms with Crippen molar-refractivity contribution in [2.45, 2.75) is 36.8 Å². The van der Waals surface area contributed by atoms with E-state index in [1.807, 2.05) is 39.6 Å². The quantitative estimate of drug-likeness (QED) is 0.0446. The van der Waals surface area contributed by atoms with Crippen molar-refractivity contribution in [3.8, 4) is 0 Å². The number of rotatable bonds is 12. The van der Waals surface area contributed by atoms with Gasteiger partial charge in [-0.1, -0.05) is 16.9 Å². The number of anilines is 1. The van der Waals surface area contributed by atoms with E-state index in [1.54, 1.807) is 31.0 Å². The number of carbonyl (C=O) groups is 3. The van der Waals surface area contributed by atoms with Crippen molar-refractivity contribution >= 4 is 87.4 Å². The van der Waals surface area contributed by atoms with Crippen LogP contribution in [0.3, 0.4) is 0 Å². The first-order valence-electron chi connectivity index (χ1n) is 13.2. The number of β-lactam (4-membered cyclic amide) rings is 1. The van der Waals surface area contributed by atoms with E-state index >= 15 is 0 Å². The van der Waals surface area contributed by atoms with E-state index in [0.717, 1.165) is 27.8 Å². The summed E-state index contributed by atoms with van der Waals surface area (Å²) in [5, 5.41) is 21.0. The van der Waals surface area contributed by atoms with Crippen molar-refractivity contribution in [3.63, 3.8) is 0 Å². The molecule has 44 heavy (non-hydrogen) atoms. The summed E-state index contributed by atoms with van der Waals surface area (Å²) in [6.45, 7) is 4.51. The maximum atomic E-state index is 13.2. The van der Waals surface area contributed by atoms with Crippen LogP contribution >= 0.6 is 47.3 Å². The molecule has 0 saturated carbocycles. The Balaban J connectivity index is 0.00000442. The third kappa shape index (κ3) is 6.80. The number of oxime groups is 1. The number of nitrogens with zero attached hydrogens (tertiary/aromatic N) is 6. The molecule has 3 aromatic heterocycles. The van der Waals surface area contributed by atoms with E-state index in [9.17, 15) is 19.5 Å². The lowest BCUT2D eigenvalue weighted by atomic mass is 10.0. The van der Waals surface area contributed by atoms with Crippen LogP contribution in [0.15, 0.2) is 62.4 Å². The average molecular weight is 680 g/mol. The van der Waals surface area contributed by atoms with Gasteiger partial charge in [0.15, 0.2) is 15.9 Å². The molecule has 1 fully saturated rings. The molecule has 0 aromatic carbocycles. The fourth-order valence-electron chi connectivity index (χ4n) is 4.66. The minimum absolute atomic E-state index is 0. The largest absolute Gasteiger partial charge is 0.543 e. The molecule has 0 spiro atoms. The topological polar surface area (TPSA) is 197 Å². The monoisotopic (exact) mass is 679 g/mol. The molecule has 0 aliphatic carbocycles. The van der Waals surface area contributed by atoms with E-state index in [-0.39, 0.29) is 47.8 Å². The predicted octanol–water partition coefficient (Wildman–Crippen LogP) is 0.00120. The zero-order valence-electron chi connectivity index (χ0n) is 23.7. The molecule has 2 atom stereocenters. The van der Waals surface area contributed by atoms with Crippen molar-refractivity contribution < 1.29 is 28.9 Å². The summed E-state index contributed by atoms with van der Waals surface area (Å²) in [6.07, 6.45) is 3.77. The first-order valence-corrected chi connectivity index (χ1v) is 16.1. The summed E-state index contributed by atoms with van der Waals surface area (Å²) >= 11 is 4.12. The molecule has 0 radical (unpaired) electrons. The fourth-order valence-corrected chi connectivity index (χ4v) is 7.40. The number of pyridine rings is 1. The van der Waals surface area contributed by atoms with E-state index in [4.69, 9.17) is 16.3 Å². The molecule has 1 saturated heterocycles. The molecule has 5 rings (SSSR count). The second-order valence-corrected chi connectivity index (χ2v) is 12.5. The van der Waals surface area contributed by atoms with E-state index < -0.39 is 29.2 Å². The molecule has 0 bridgehead atoms. The highest BCUT2D eigenvalue weighted by Gasteiger charge is 2.53. The molecule has 14 nitrogen and oxygen atoms in total. The summed E-state index contributed by atoms with van der Waals surface area (Å²) in [5.41, 5.74) is 12.6. The van der Waals surface area contributed by atoms with Gasteiger partial charge < -0.3 is 31.5 Å². The number of fused-ring (bicyclic) bond motifs is 2. The average Bonchev–Trinajstić information content (AvgIpc) is 3.60. The number of nitrogen functional groups attached to an aromatic ring is 1. The smallest absolute Gasteiger partial charge is 0.287 e. The summed E-state index contributed by atoms with van der Waals surface area (Å²) in [7, 11) is 0. The van der Waals surface area contributed by atoms with Crippen LogP contribution in [-0.2, 0) is 25.8 Å². The summed E-state index contributed by atoms with van der Waals surface area (Å²) < 4.78 is 3.93. The van der Waals surface area contributed by atoms with Gasteiger partial charge in [-0.25, -0.2) is 9.55 Å². The minimum Gasteiger partial charge on any atom is -0.543 e. The van der Waals surface area contributed by atoms with Crippen molar-refractivity contribution in [3.05, 3.63) is 52.9 Å². The highest BCUT2D eigenvalue weighted by Crippen LogP contribution is 2.40. The van der Waals surface area contributed by atoms with Gasteiger partial charge in [-0.15, -0.1) is 35.5 Å². The second-order valence-electron chi connectivity index (χ2n) is 9.42. The second kappa shape index (κ2) is 14.3. The number of amides is 2. The molecule has 2 amide bonds. The SMILES string of the molecule is CCO/N=C(\C(=O)N[C@@H]1C(=O)N2C(C(=O)[O-])=C(C[n+]3ccn4c(SCCN=C(C)N)cccc43)CS[C@H]12)c1csc(N)n1.Cl. The Hall–Kier alpha value is -3.80. The van der Waals surface area contributed by atoms with Gasteiger partial charge in [0.05, 0.1) is 24.0 Å². The molecule has 18 heteroatoms. The van der Waals surface area contributed by atoms with E-state index in [1.165, 1.54) is 16.7 Å². The van der Waals surface area contributed by atoms with Gasteiger partial charge in [-0.05, 0) is 26.0 Å². The zero-order valence-corrected chi connectivity index (χ0v) is 26.9. The van der Waals surface area contributed by atoms with Crippen LogP contribution < -0.4 is 26.5 Å². The fraction of sp³-hybridized carbons (Fsp3) is 0.346. The number of hydrogen-bond acceptors (Lipinski definition) is 12. The van der Waals surface area contributed by atoms with Gasteiger partial charge in [0, 0.05) is 28.5 Å². The number of carboxylic acid groups (broad SMARTS) is 1. The van der Waals surface area contributed by atoms with Crippen molar-refractivity contribution in [2.24, 2.45) is 15.9 Å². The Morgan fingerprint density at radius 1 is 1.36 bits per heavy atom. The number of imidazole rings is 1. The number of carbonyl (C=O) groups excluding carboxylic acids is 3. The molecular formula is C26H30ClN9O5S3. The summed E-state index contributed by atoms with van der Waals surface area (Å²) in [5.74, 6) is -1.09. The van der Waals surface area contributed by atoms with Gasteiger partial charge in [0.25, 0.3) is 17.5 Å². The summed E-state index contributed by atoms with van der Waals surface area (Å²) in [4.78, 5) is 53.2. The molecule has 0 unspecified atom stereocenters. The number of thiazole rings is 1. The number of aromatic nitrogens is 3. The highest BCUT2D eigenvalue weighted by atomic mass is 35.5. The van der Waals surface area contributed by atoms with Crippen LogP contribution in [0.5, 0.6) is 0 Å². The Morgan fingerprint density at radius 3 is 2.84 bits per heavy atom. The van der Waals surface area contributed by atoms with Crippen LogP contribution in [0.25, 0.3) is 5.65 Å². The summed E-state index contributed by atoms with van der Waals surface area (Å²) in [6, 6.07) is 4.89. The lowest BCUT2D eigenvalue weighted by Gasteiger charge is -2.50. The van der Waals surface area contributed by atoms with Gasteiger partial charge in [0.2, 0.25) is 0 Å². The number of aliphatic imine (C=N–C) groups is 1. The van der Waals surface area contributed by atoms with Crippen LogP contribution in [0.1, 0.15) is 19.5 Å². The van der Waals surface area contributed by atoms with Crippen LogP contribution in [0.2, 0.25) is 0 Å². The third-order valence-electron chi connectivity index (χ3n) is 6.51. The maximum absolute atomic E-state index is 13.2. The van der Waals surface area contributed by atoms with Crippen molar-refractivity contribution in [1.29, 1.82) is 0 Å². The maximum Gasteiger partial charge on any atom is 0.287 e. The van der Waals surface area contributed by atoms with Crippen molar-refractivity contribution in [1.82, 2.24) is 19.6 Å². The lowest BCUT2D eigenvalue weighted by Crippen LogP contribution is -2.71. The van der Waals surface area contributed by atoms with Crippen LogP contribution in [0.4, 0.5) is 5.13 Å². The highest BCUT2D eigenvalue weighted by molar-refractivity contribution is 8.00. The van der Waals surface area contributed by atoms with Gasteiger partial charge in [-0.3, -0.25) is 19.5 Å². The Morgan fingerprint density at radius 2 is 2.16 bits per heavy atom. The Labute approximate surface area is 271 Å². The van der Waals surface area contributed by atoms with Gasteiger partial charge in [0.1, 0.15) is 42.7 Å². The first kappa shape index (κ1) is 33.1. The van der Waals surface area contributed by atoms with E-state index in [2.05, 4.69) is 20.4 Å². The molecule has 2 aliphatic heterocycles.